The molecule has 1 heterocycles. The minimum Gasteiger partial charge on any atom is -0.508 e. The number of carbonyl (C=O) groups excluding carboxylic acids is 2. The number of allylic oxidation sites excluding steroid dienone is 2. The summed E-state index contributed by atoms with van der Waals surface area (Å²) in [5, 5.41) is 14.6. The molecule has 1 saturated heterocycles. The number of phenolic OH excluding ortho intramolecular Hbond substituents is 1. The third-order valence-electron chi connectivity index (χ3n) is 4.93. The second kappa shape index (κ2) is 4.80. The number of imide groups is 1. The number of rotatable bonds is 2. The molecule has 1 N–H and O–H groups in total. The van der Waals surface area contributed by atoms with E-state index in [1.165, 1.54) is 12.3 Å². The van der Waals surface area contributed by atoms with Crippen molar-refractivity contribution >= 4 is 18.0 Å². The lowest BCUT2D eigenvalue weighted by molar-refractivity contribution is -0.140. The molecule has 0 unspecified atom stereocenters. The number of hydrazone groups is 1. The highest BCUT2D eigenvalue weighted by Gasteiger charge is 2.56. The van der Waals surface area contributed by atoms with Crippen LogP contribution in [0.25, 0.3) is 0 Å². The average Bonchev–Trinajstić information content (AvgIpc) is 2.80. The summed E-state index contributed by atoms with van der Waals surface area (Å²) in [6.07, 6.45) is 7.57. The first kappa shape index (κ1) is 13.2. The van der Waals surface area contributed by atoms with Crippen LogP contribution in [-0.4, -0.2) is 28.1 Å². The Morgan fingerprint density at radius 3 is 2.27 bits per heavy atom. The molecule has 112 valence electrons. The fourth-order valence-corrected chi connectivity index (χ4v) is 3.90. The monoisotopic (exact) mass is 296 g/mol. The Labute approximate surface area is 127 Å². The van der Waals surface area contributed by atoms with E-state index in [9.17, 15) is 14.7 Å². The van der Waals surface area contributed by atoms with Crippen LogP contribution in [0.2, 0.25) is 0 Å². The Morgan fingerprint density at radius 1 is 1.09 bits per heavy atom. The number of nitrogens with zero attached hydrogens (tertiary/aromatic N) is 2. The van der Waals surface area contributed by atoms with Gasteiger partial charge in [-0.1, -0.05) is 24.3 Å². The molecular formula is C17H16N2O3. The molecule has 1 aromatic carbocycles. The van der Waals surface area contributed by atoms with Gasteiger partial charge < -0.3 is 5.11 Å². The van der Waals surface area contributed by atoms with Crippen molar-refractivity contribution in [2.45, 2.75) is 12.8 Å². The maximum absolute atomic E-state index is 12.5. The predicted molar refractivity (Wildman–Crippen MR) is 79.9 cm³/mol. The molecule has 2 bridgehead atoms. The Balaban J connectivity index is 1.61. The van der Waals surface area contributed by atoms with Crippen LogP contribution in [0.3, 0.4) is 0 Å². The summed E-state index contributed by atoms with van der Waals surface area (Å²) in [5.74, 6) is -0.384. The van der Waals surface area contributed by atoms with Gasteiger partial charge in [0.25, 0.3) is 11.8 Å². The number of fused-ring (bicyclic) bond motifs is 1. The molecule has 4 atom stereocenters. The Morgan fingerprint density at radius 2 is 1.73 bits per heavy atom. The lowest BCUT2D eigenvalue weighted by Gasteiger charge is -2.37. The lowest BCUT2D eigenvalue weighted by Crippen LogP contribution is -2.38. The normalized spacial score (nSPS) is 33.0. The Hall–Kier alpha value is -2.43. The summed E-state index contributed by atoms with van der Waals surface area (Å²) in [5.41, 5.74) is 0.650. The van der Waals surface area contributed by atoms with Gasteiger partial charge in [-0.05, 0) is 42.4 Å². The van der Waals surface area contributed by atoms with Crippen LogP contribution in [0.5, 0.6) is 5.75 Å². The van der Waals surface area contributed by atoms with E-state index in [0.717, 1.165) is 17.9 Å². The van der Waals surface area contributed by atoms with Gasteiger partial charge in [0.05, 0.1) is 18.1 Å². The minimum absolute atomic E-state index is 0.124. The van der Waals surface area contributed by atoms with Gasteiger partial charge in [-0.25, -0.2) is 0 Å². The largest absolute Gasteiger partial charge is 0.508 e. The van der Waals surface area contributed by atoms with E-state index >= 15 is 0 Å². The maximum Gasteiger partial charge on any atom is 0.254 e. The third-order valence-corrected chi connectivity index (χ3v) is 4.93. The van der Waals surface area contributed by atoms with E-state index in [2.05, 4.69) is 17.3 Å². The Bertz CT molecular complexity index is 678. The van der Waals surface area contributed by atoms with Crippen molar-refractivity contribution in [2.24, 2.45) is 28.8 Å². The highest BCUT2D eigenvalue weighted by Crippen LogP contribution is 2.49. The molecule has 3 aliphatic carbocycles. The van der Waals surface area contributed by atoms with Gasteiger partial charge in [-0.3, -0.25) is 9.59 Å². The van der Waals surface area contributed by atoms with Crippen LogP contribution in [0.4, 0.5) is 0 Å². The third kappa shape index (κ3) is 1.89. The molecule has 22 heavy (non-hydrogen) atoms. The van der Waals surface area contributed by atoms with Crippen LogP contribution in [0.1, 0.15) is 18.4 Å². The summed E-state index contributed by atoms with van der Waals surface area (Å²) < 4.78 is 0. The highest BCUT2D eigenvalue weighted by atomic mass is 16.3. The summed E-state index contributed by atoms with van der Waals surface area (Å²) in [6, 6.07) is 6.54. The topological polar surface area (TPSA) is 70.0 Å². The first-order chi connectivity index (χ1) is 10.6. The summed E-state index contributed by atoms with van der Waals surface area (Å²) in [4.78, 5) is 25.1. The van der Waals surface area contributed by atoms with Crippen molar-refractivity contribution in [3.63, 3.8) is 0 Å². The van der Waals surface area contributed by atoms with Crippen molar-refractivity contribution < 1.29 is 14.7 Å². The van der Waals surface area contributed by atoms with Gasteiger partial charge >= 0.3 is 0 Å². The van der Waals surface area contributed by atoms with Crippen LogP contribution >= 0.6 is 0 Å². The van der Waals surface area contributed by atoms with Crippen molar-refractivity contribution in [3.05, 3.63) is 42.0 Å². The minimum atomic E-state index is -0.238. The molecule has 0 spiro atoms. The van der Waals surface area contributed by atoms with Crippen LogP contribution < -0.4 is 0 Å². The first-order valence-corrected chi connectivity index (χ1v) is 7.54. The molecule has 4 aliphatic rings. The SMILES string of the molecule is O=C1[C@@H]2[C@H](C(=O)N1/N=C\c1cccc(O)c1)[C@@H]1C=C[C@H]2CC1. The van der Waals surface area contributed by atoms with Gasteiger partial charge in [0.1, 0.15) is 5.75 Å². The first-order valence-electron chi connectivity index (χ1n) is 7.54. The summed E-state index contributed by atoms with van der Waals surface area (Å²) >= 11 is 0. The smallest absolute Gasteiger partial charge is 0.254 e. The van der Waals surface area contributed by atoms with Crippen molar-refractivity contribution in [1.29, 1.82) is 0 Å². The molecule has 1 saturated carbocycles. The average molecular weight is 296 g/mol. The lowest BCUT2D eigenvalue weighted by atomic mass is 9.63. The predicted octanol–water partition coefficient (Wildman–Crippen LogP) is 1.92. The van der Waals surface area contributed by atoms with Gasteiger partial charge in [0.15, 0.2) is 0 Å². The van der Waals surface area contributed by atoms with Gasteiger partial charge in [-0.2, -0.15) is 10.1 Å². The number of aromatic hydroxyl groups is 1. The zero-order chi connectivity index (χ0) is 15.3. The molecule has 5 rings (SSSR count). The van der Waals surface area contributed by atoms with Crippen LogP contribution in [0.15, 0.2) is 41.5 Å². The van der Waals surface area contributed by atoms with Crippen LogP contribution in [-0.2, 0) is 9.59 Å². The Kier molecular flexibility index (Phi) is 2.89. The van der Waals surface area contributed by atoms with Crippen molar-refractivity contribution in [3.8, 4) is 5.75 Å². The fraction of sp³-hybridized carbons (Fsp3) is 0.353. The second-order valence-corrected chi connectivity index (χ2v) is 6.17. The molecule has 5 heteroatoms. The quantitative estimate of drug-likeness (QED) is 0.515. The van der Waals surface area contributed by atoms with Crippen molar-refractivity contribution in [2.75, 3.05) is 0 Å². The molecule has 1 aliphatic heterocycles. The molecular weight excluding hydrogens is 280 g/mol. The zero-order valence-corrected chi connectivity index (χ0v) is 11.9. The van der Waals surface area contributed by atoms with E-state index in [0.29, 0.717) is 5.56 Å². The van der Waals surface area contributed by atoms with E-state index in [4.69, 9.17) is 0 Å². The molecule has 2 amide bonds. The number of amides is 2. The standard InChI is InChI=1S/C17H16N2O3/c20-13-3-1-2-10(8-13)9-18-19-16(21)14-11-4-5-12(7-6-11)15(14)17(19)22/h1-5,8-9,11-12,14-15,20H,6-7H2/b18-9-/t11-,12+,14-,15+. The summed E-state index contributed by atoms with van der Waals surface area (Å²) in [7, 11) is 0. The number of carbonyl (C=O) groups is 2. The van der Waals surface area contributed by atoms with E-state index in [1.54, 1.807) is 18.2 Å². The second-order valence-electron chi connectivity index (χ2n) is 6.17. The van der Waals surface area contributed by atoms with Gasteiger partial charge in [-0.15, -0.1) is 0 Å². The zero-order valence-electron chi connectivity index (χ0n) is 11.9. The molecule has 0 aromatic heterocycles. The molecule has 2 fully saturated rings. The number of hydrogen-bond acceptors (Lipinski definition) is 4. The van der Waals surface area contributed by atoms with Crippen molar-refractivity contribution in [1.82, 2.24) is 5.01 Å². The van der Waals surface area contributed by atoms with E-state index in [-0.39, 0.29) is 41.2 Å². The molecule has 0 radical (unpaired) electrons. The molecule has 5 nitrogen and oxygen atoms in total. The van der Waals surface area contributed by atoms with Crippen LogP contribution in [0, 0.1) is 23.7 Å². The van der Waals surface area contributed by atoms with E-state index in [1.807, 2.05) is 0 Å². The number of hydrogen-bond donors (Lipinski definition) is 1. The molecule has 1 aromatic rings. The van der Waals surface area contributed by atoms with Gasteiger partial charge in [0, 0.05) is 0 Å². The van der Waals surface area contributed by atoms with Gasteiger partial charge in [0.2, 0.25) is 0 Å². The highest BCUT2D eigenvalue weighted by molar-refractivity contribution is 6.06. The number of benzene rings is 1. The maximum atomic E-state index is 12.5. The number of phenols is 1. The fourth-order valence-electron chi connectivity index (χ4n) is 3.90. The van der Waals surface area contributed by atoms with E-state index < -0.39 is 0 Å². The summed E-state index contributed by atoms with van der Waals surface area (Å²) in [6.45, 7) is 0.